The largest absolute Gasteiger partial charge is 0.369 e. The predicted molar refractivity (Wildman–Crippen MR) is 370 cm³/mol. The fourth-order valence-corrected chi connectivity index (χ4v) is 13.8. The monoisotopic (exact) mass is 1140 g/mol. The van der Waals surface area contributed by atoms with Crippen LogP contribution < -0.4 is 5.73 Å². The van der Waals surface area contributed by atoms with Gasteiger partial charge in [0.25, 0.3) is 0 Å². The second kappa shape index (κ2) is 71.9. The number of unbranched alkanes of at least 4 members (excludes halogenated alkanes) is 68. The highest BCUT2D eigenvalue weighted by molar-refractivity contribution is 5.80. The Morgan fingerprint density at radius 2 is 0.259 bits per heavy atom. The van der Waals surface area contributed by atoms with Gasteiger partial charge < -0.3 is 5.73 Å². The van der Waals surface area contributed by atoms with Crippen LogP contribution in [0.25, 0.3) is 0 Å². The lowest BCUT2D eigenvalue weighted by atomic mass is 9.73. The first kappa shape index (κ1) is 80.5. The van der Waals surface area contributed by atoms with Gasteiger partial charge in [-0.15, -0.1) is 0 Å². The molecule has 0 heterocycles. The standard InChI is InChI=1S/C79H159NO/c1-4-7-10-13-16-19-22-25-28-31-34-37-40-43-46-49-52-55-58-61-64-67-70-73-76-79(78(80)81,75-72-69-66-63-60-57-54-51-48-45-42-39-36-33-30-27-24-21-18-15-12-9-6-3)77-74-71-68-65-62-59-56-53-50-47-44-41-38-35-32-29-26-23-20-17-14-11-8-5-2/h4-77H2,1-3H3,(H2,80,81). The smallest absolute Gasteiger partial charge is 0.223 e. The van der Waals surface area contributed by atoms with Crippen LogP contribution in [0.4, 0.5) is 0 Å². The molecule has 0 rings (SSSR count). The summed E-state index contributed by atoms with van der Waals surface area (Å²) in [5.41, 5.74) is 6.17. The lowest BCUT2D eigenvalue weighted by Crippen LogP contribution is -2.37. The Morgan fingerprint density at radius 1 is 0.173 bits per heavy atom. The van der Waals surface area contributed by atoms with E-state index in [9.17, 15) is 4.79 Å². The van der Waals surface area contributed by atoms with E-state index in [0.29, 0.717) is 0 Å². The molecule has 486 valence electrons. The maximum absolute atomic E-state index is 13.4. The van der Waals surface area contributed by atoms with Gasteiger partial charge in [0.2, 0.25) is 5.91 Å². The summed E-state index contributed by atoms with van der Waals surface area (Å²) < 4.78 is 0. The van der Waals surface area contributed by atoms with Crippen LogP contribution in [0.3, 0.4) is 0 Å². The molecular formula is C79H159NO. The Bertz CT molecular complexity index is 1060. The highest BCUT2D eigenvalue weighted by Gasteiger charge is 2.34. The Balaban J connectivity index is 4.27. The van der Waals surface area contributed by atoms with E-state index in [1.54, 1.807) is 0 Å². The van der Waals surface area contributed by atoms with Crippen molar-refractivity contribution in [2.24, 2.45) is 11.1 Å². The Morgan fingerprint density at radius 3 is 0.346 bits per heavy atom. The third-order valence-electron chi connectivity index (χ3n) is 19.8. The van der Waals surface area contributed by atoms with Gasteiger partial charge in [0.15, 0.2) is 0 Å². The third kappa shape index (κ3) is 65.3. The molecule has 2 nitrogen and oxygen atoms in total. The van der Waals surface area contributed by atoms with E-state index in [1.807, 2.05) is 0 Å². The van der Waals surface area contributed by atoms with E-state index in [-0.39, 0.29) is 11.3 Å². The van der Waals surface area contributed by atoms with Gasteiger partial charge in [0.05, 0.1) is 0 Å². The molecule has 0 aliphatic carbocycles. The van der Waals surface area contributed by atoms with Gasteiger partial charge in [0.1, 0.15) is 0 Å². The van der Waals surface area contributed by atoms with E-state index >= 15 is 0 Å². The topological polar surface area (TPSA) is 43.1 Å². The second-order valence-corrected chi connectivity index (χ2v) is 27.9. The number of amides is 1. The van der Waals surface area contributed by atoms with Crippen molar-refractivity contribution in [1.29, 1.82) is 0 Å². The van der Waals surface area contributed by atoms with Gasteiger partial charge >= 0.3 is 0 Å². The normalized spacial score (nSPS) is 11.9. The summed E-state index contributed by atoms with van der Waals surface area (Å²) in [6, 6.07) is 0. The molecule has 0 atom stereocenters. The lowest BCUT2D eigenvalue weighted by molar-refractivity contribution is -0.129. The molecule has 0 spiro atoms. The van der Waals surface area contributed by atoms with Crippen molar-refractivity contribution in [3.8, 4) is 0 Å². The molecule has 81 heavy (non-hydrogen) atoms. The molecule has 2 heteroatoms. The first-order valence-electron chi connectivity index (χ1n) is 39.4. The summed E-state index contributed by atoms with van der Waals surface area (Å²) in [5, 5.41) is 0. The lowest BCUT2D eigenvalue weighted by Gasteiger charge is -2.31. The number of hydrogen-bond acceptors (Lipinski definition) is 1. The zero-order valence-electron chi connectivity index (χ0n) is 57.3. The minimum absolute atomic E-state index is 0.0319. The van der Waals surface area contributed by atoms with Crippen molar-refractivity contribution >= 4 is 5.91 Å². The molecule has 0 aromatic rings. The summed E-state index contributed by atoms with van der Waals surface area (Å²) in [6.07, 6.45) is 104. The summed E-state index contributed by atoms with van der Waals surface area (Å²) in [6.45, 7) is 6.94. The number of nitrogens with two attached hydrogens (primary N) is 1. The maximum atomic E-state index is 13.4. The van der Waals surface area contributed by atoms with Crippen molar-refractivity contribution in [2.75, 3.05) is 0 Å². The first-order chi connectivity index (χ1) is 40.1. The van der Waals surface area contributed by atoms with E-state index in [2.05, 4.69) is 20.8 Å². The fourth-order valence-electron chi connectivity index (χ4n) is 13.8. The van der Waals surface area contributed by atoms with E-state index < -0.39 is 0 Å². The van der Waals surface area contributed by atoms with Crippen molar-refractivity contribution in [3.63, 3.8) is 0 Å². The zero-order chi connectivity index (χ0) is 58.4. The molecule has 0 unspecified atom stereocenters. The molecular weight excluding hydrogens is 979 g/mol. The Labute approximate surface area is 515 Å². The number of primary amides is 1. The van der Waals surface area contributed by atoms with E-state index in [4.69, 9.17) is 5.73 Å². The summed E-state index contributed by atoms with van der Waals surface area (Å²) in [4.78, 5) is 13.4. The maximum Gasteiger partial charge on any atom is 0.223 e. The van der Waals surface area contributed by atoms with Crippen LogP contribution in [-0.4, -0.2) is 5.91 Å². The molecule has 0 saturated carbocycles. The quantitative estimate of drug-likeness (QED) is 0.0606. The molecule has 0 aliphatic rings. The van der Waals surface area contributed by atoms with Gasteiger partial charge in [0, 0.05) is 5.41 Å². The van der Waals surface area contributed by atoms with Crippen LogP contribution in [0.2, 0.25) is 0 Å². The van der Waals surface area contributed by atoms with Crippen molar-refractivity contribution < 1.29 is 4.79 Å². The van der Waals surface area contributed by atoms with Crippen LogP contribution in [0.15, 0.2) is 0 Å². The van der Waals surface area contributed by atoms with Gasteiger partial charge in [-0.2, -0.15) is 0 Å². The molecule has 0 aromatic heterocycles. The second-order valence-electron chi connectivity index (χ2n) is 27.9. The fraction of sp³-hybridized carbons (Fsp3) is 0.987. The van der Waals surface area contributed by atoms with Gasteiger partial charge in [-0.25, -0.2) is 0 Å². The molecule has 0 fully saturated rings. The molecule has 2 N–H and O–H groups in total. The van der Waals surface area contributed by atoms with Crippen molar-refractivity contribution in [3.05, 3.63) is 0 Å². The van der Waals surface area contributed by atoms with Crippen LogP contribution in [-0.2, 0) is 4.79 Å². The highest BCUT2D eigenvalue weighted by Crippen LogP contribution is 2.38. The molecule has 0 radical (unpaired) electrons. The Kier molecular flexibility index (Phi) is 71.5. The molecule has 1 amide bonds. The van der Waals surface area contributed by atoms with Crippen LogP contribution in [0, 0.1) is 5.41 Å². The molecule has 0 aromatic carbocycles. The zero-order valence-corrected chi connectivity index (χ0v) is 57.3. The Hall–Kier alpha value is -0.530. The molecule has 0 bridgehead atoms. The van der Waals surface area contributed by atoms with E-state index in [1.165, 1.54) is 456 Å². The van der Waals surface area contributed by atoms with Gasteiger partial charge in [-0.3, -0.25) is 4.79 Å². The van der Waals surface area contributed by atoms with Gasteiger partial charge in [-0.05, 0) is 19.3 Å². The average Bonchev–Trinajstić information content (AvgIpc) is 3.49. The first-order valence-corrected chi connectivity index (χ1v) is 39.4. The molecule has 0 aliphatic heterocycles. The van der Waals surface area contributed by atoms with Crippen molar-refractivity contribution in [2.45, 2.75) is 496 Å². The minimum atomic E-state index is -0.257. The SMILES string of the molecule is CCCCCCCCCCCCCCCCCCCCCCCCCCC(CCCCCCCCCCCCCCCCCCCCCCCCC)(CCCCCCCCCCCCCCCCCCCCCCCCCC)C(N)=O. The minimum Gasteiger partial charge on any atom is -0.369 e. The number of hydrogen-bond donors (Lipinski definition) is 1. The van der Waals surface area contributed by atoms with Crippen LogP contribution in [0.1, 0.15) is 496 Å². The summed E-state index contributed by atoms with van der Waals surface area (Å²) >= 11 is 0. The third-order valence-corrected chi connectivity index (χ3v) is 19.8. The van der Waals surface area contributed by atoms with Crippen LogP contribution >= 0.6 is 0 Å². The highest BCUT2D eigenvalue weighted by atomic mass is 16.1. The number of carbonyl (C=O) groups is 1. The van der Waals surface area contributed by atoms with E-state index in [0.717, 1.165) is 19.3 Å². The van der Waals surface area contributed by atoms with Gasteiger partial charge in [-0.1, -0.05) is 477 Å². The number of carbonyl (C=O) groups excluding carboxylic acids is 1. The van der Waals surface area contributed by atoms with Crippen LogP contribution in [0.5, 0.6) is 0 Å². The predicted octanol–water partition coefficient (Wildman–Crippen LogP) is 29.4. The average molecular weight is 1140 g/mol. The molecule has 0 saturated heterocycles. The summed E-state index contributed by atoms with van der Waals surface area (Å²) in [7, 11) is 0. The summed E-state index contributed by atoms with van der Waals surface area (Å²) in [5.74, 6) is 0.0319. The number of rotatable bonds is 75. The van der Waals surface area contributed by atoms with Crippen molar-refractivity contribution in [1.82, 2.24) is 0 Å².